The number of aryl methyl sites for hydroxylation is 1. The van der Waals surface area contributed by atoms with Crippen molar-refractivity contribution >= 4 is 21.5 Å². The number of hydrogen-bond acceptors (Lipinski definition) is 8. The summed E-state index contributed by atoms with van der Waals surface area (Å²) < 4.78 is 31.1. The highest BCUT2D eigenvalue weighted by Gasteiger charge is 2.18. The van der Waals surface area contributed by atoms with Crippen LogP contribution < -0.4 is 0 Å². The Balaban J connectivity index is 2.30. The molecular formula is C14H20N2O8S. The summed E-state index contributed by atoms with van der Waals surface area (Å²) in [7, 11) is -3.45. The third-order valence-electron chi connectivity index (χ3n) is 3.24. The zero-order valence-electron chi connectivity index (χ0n) is 13.8. The number of benzene rings is 1. The molecule has 0 N–H and O–H groups in total. The van der Waals surface area contributed by atoms with E-state index in [0.29, 0.717) is 31.4 Å². The fourth-order valence-corrected chi connectivity index (χ4v) is 2.46. The molecule has 1 aromatic carbocycles. The van der Waals surface area contributed by atoms with Crippen molar-refractivity contribution in [3.63, 3.8) is 0 Å². The Morgan fingerprint density at radius 3 is 2.32 bits per heavy atom. The van der Waals surface area contributed by atoms with Gasteiger partial charge in [-0.15, -0.1) is 0 Å². The first-order valence-electron chi connectivity index (χ1n) is 7.54. The van der Waals surface area contributed by atoms with Crippen LogP contribution >= 0.6 is 0 Å². The molecule has 0 aliphatic carbocycles. The number of ether oxygens (including phenoxy) is 1. The van der Waals surface area contributed by atoms with Gasteiger partial charge in [0.05, 0.1) is 35.4 Å². The maximum absolute atomic E-state index is 11.0. The zero-order valence-corrected chi connectivity index (χ0v) is 14.6. The average molecular weight is 376 g/mol. The van der Waals surface area contributed by atoms with Crippen molar-refractivity contribution in [3.8, 4) is 0 Å². The Hall–Kier alpha value is -2.11. The largest absolute Gasteiger partial charge is 0.379 e. The zero-order chi connectivity index (χ0) is 18.9. The lowest BCUT2D eigenvalue weighted by Gasteiger charge is -2.05. The van der Waals surface area contributed by atoms with Crippen molar-refractivity contribution in [2.75, 3.05) is 26.1 Å². The Morgan fingerprint density at radius 2 is 1.72 bits per heavy atom. The molecule has 0 unspecified atom stereocenters. The van der Waals surface area contributed by atoms with E-state index in [-0.39, 0.29) is 24.6 Å². The van der Waals surface area contributed by atoms with E-state index in [1.807, 2.05) is 0 Å². The van der Waals surface area contributed by atoms with E-state index in [4.69, 9.17) is 4.74 Å². The summed E-state index contributed by atoms with van der Waals surface area (Å²) in [5.74, 6) is 0. The van der Waals surface area contributed by atoms with Crippen LogP contribution in [0.1, 0.15) is 24.8 Å². The van der Waals surface area contributed by atoms with Gasteiger partial charge in [0.15, 0.2) is 0 Å². The van der Waals surface area contributed by atoms with Crippen molar-refractivity contribution in [2.24, 2.45) is 0 Å². The van der Waals surface area contributed by atoms with E-state index >= 15 is 0 Å². The topological polar surface area (TPSA) is 139 Å². The van der Waals surface area contributed by atoms with Gasteiger partial charge in [-0.25, -0.2) is 0 Å². The van der Waals surface area contributed by atoms with Crippen LogP contribution in [0, 0.1) is 20.2 Å². The van der Waals surface area contributed by atoms with Crippen LogP contribution in [0.15, 0.2) is 18.2 Å². The van der Waals surface area contributed by atoms with Gasteiger partial charge in [-0.3, -0.25) is 24.4 Å². The maximum atomic E-state index is 11.0. The summed E-state index contributed by atoms with van der Waals surface area (Å²) in [5.41, 5.74) is -0.0957. The molecule has 0 heterocycles. The van der Waals surface area contributed by atoms with Crippen molar-refractivity contribution in [3.05, 3.63) is 44.0 Å². The summed E-state index contributed by atoms with van der Waals surface area (Å²) >= 11 is 0. The molecule has 10 nitrogen and oxygen atoms in total. The molecule has 140 valence electrons. The number of unbranched alkanes of at least 4 members (excludes halogenated alkanes) is 2. The summed E-state index contributed by atoms with van der Waals surface area (Å²) in [6.07, 6.45) is 3.53. The van der Waals surface area contributed by atoms with Crippen molar-refractivity contribution in [1.29, 1.82) is 0 Å². The summed E-state index contributed by atoms with van der Waals surface area (Å²) in [4.78, 5) is 20.4. The maximum Gasteiger partial charge on any atom is 0.279 e. The first-order chi connectivity index (χ1) is 11.7. The monoisotopic (exact) mass is 376 g/mol. The highest BCUT2D eigenvalue weighted by molar-refractivity contribution is 7.85. The van der Waals surface area contributed by atoms with Gasteiger partial charge in [0.25, 0.3) is 21.5 Å². The number of nitro groups is 2. The third kappa shape index (κ3) is 8.52. The number of non-ortho nitro benzene ring substituents is 1. The van der Waals surface area contributed by atoms with Gasteiger partial charge >= 0.3 is 0 Å². The molecule has 0 aliphatic rings. The van der Waals surface area contributed by atoms with E-state index in [1.165, 1.54) is 12.1 Å². The molecule has 0 amide bonds. The third-order valence-corrected chi connectivity index (χ3v) is 3.83. The molecule has 1 rings (SSSR count). The average Bonchev–Trinajstić information content (AvgIpc) is 2.52. The van der Waals surface area contributed by atoms with Crippen LogP contribution in [-0.2, 0) is 25.5 Å². The van der Waals surface area contributed by atoms with Gasteiger partial charge in [0.1, 0.15) is 0 Å². The van der Waals surface area contributed by atoms with Crippen LogP contribution in [-0.4, -0.2) is 44.3 Å². The summed E-state index contributed by atoms with van der Waals surface area (Å²) in [5, 5.41) is 21.7. The number of nitro benzene ring substituents is 2. The number of nitrogens with zero attached hydrogens (tertiary/aromatic N) is 2. The molecule has 1 aromatic rings. The number of hydrogen-bond donors (Lipinski definition) is 0. The number of rotatable bonds is 12. The molecule has 0 saturated carbocycles. The van der Waals surface area contributed by atoms with Gasteiger partial charge in [-0.2, -0.15) is 8.42 Å². The van der Waals surface area contributed by atoms with Crippen LogP contribution in [0.3, 0.4) is 0 Å². The lowest BCUT2D eigenvalue weighted by molar-refractivity contribution is -0.394. The Labute approximate surface area is 145 Å². The van der Waals surface area contributed by atoms with Crippen LogP contribution in [0.4, 0.5) is 11.4 Å². The van der Waals surface area contributed by atoms with Gasteiger partial charge in [-0.05, 0) is 25.3 Å². The van der Waals surface area contributed by atoms with E-state index in [0.717, 1.165) is 18.7 Å². The van der Waals surface area contributed by atoms with E-state index in [9.17, 15) is 28.6 Å². The fraction of sp³-hybridized carbons (Fsp3) is 0.571. The van der Waals surface area contributed by atoms with Crippen molar-refractivity contribution < 1.29 is 27.2 Å². The smallest absolute Gasteiger partial charge is 0.279 e. The first-order valence-corrected chi connectivity index (χ1v) is 9.36. The minimum Gasteiger partial charge on any atom is -0.379 e. The summed E-state index contributed by atoms with van der Waals surface area (Å²) in [6.45, 7) is 0.560. The van der Waals surface area contributed by atoms with Gasteiger partial charge < -0.3 is 4.74 Å². The Bertz CT molecular complexity index is 705. The molecule has 0 aliphatic heterocycles. The van der Waals surface area contributed by atoms with E-state index < -0.39 is 20.0 Å². The SMILES string of the molecule is CS(=O)(=O)OCCOCCCCCc1ccc([N+](=O)[O-])cc1[N+](=O)[O-]. The molecule has 0 radical (unpaired) electrons. The van der Waals surface area contributed by atoms with Gasteiger partial charge in [0, 0.05) is 18.2 Å². The second kappa shape index (κ2) is 10.0. The molecule has 11 heteroatoms. The molecule has 0 bridgehead atoms. The molecule has 25 heavy (non-hydrogen) atoms. The molecule has 0 aromatic heterocycles. The fourth-order valence-electron chi connectivity index (χ4n) is 2.09. The van der Waals surface area contributed by atoms with Crippen LogP contribution in [0.5, 0.6) is 0 Å². The summed E-state index contributed by atoms with van der Waals surface area (Å²) in [6, 6.07) is 3.64. The van der Waals surface area contributed by atoms with E-state index in [2.05, 4.69) is 4.18 Å². The predicted molar refractivity (Wildman–Crippen MR) is 88.9 cm³/mol. The highest BCUT2D eigenvalue weighted by atomic mass is 32.2. The molecule has 0 saturated heterocycles. The first kappa shape index (κ1) is 20.9. The minimum atomic E-state index is -3.45. The lowest BCUT2D eigenvalue weighted by Crippen LogP contribution is -2.10. The lowest BCUT2D eigenvalue weighted by atomic mass is 10.0. The van der Waals surface area contributed by atoms with Crippen LogP contribution in [0.25, 0.3) is 0 Å². The normalized spacial score (nSPS) is 11.4. The standard InChI is InChI=1S/C14H20N2O8S/c1-25(21,22)24-10-9-23-8-4-2-3-5-12-6-7-13(15(17)18)11-14(12)16(19)20/h6-7,11H,2-5,8-10H2,1H3. The van der Waals surface area contributed by atoms with Gasteiger partial charge in [-0.1, -0.05) is 6.42 Å². The van der Waals surface area contributed by atoms with Gasteiger partial charge in [0.2, 0.25) is 0 Å². The van der Waals surface area contributed by atoms with Crippen LogP contribution in [0.2, 0.25) is 0 Å². The molecule has 0 spiro atoms. The minimum absolute atomic E-state index is 0.0339. The van der Waals surface area contributed by atoms with Crippen molar-refractivity contribution in [1.82, 2.24) is 0 Å². The molecule has 0 atom stereocenters. The Kier molecular flexibility index (Phi) is 8.38. The second-order valence-electron chi connectivity index (χ2n) is 5.28. The molecule has 0 fully saturated rings. The quantitative estimate of drug-likeness (QED) is 0.234. The highest BCUT2D eigenvalue weighted by Crippen LogP contribution is 2.26. The second-order valence-corrected chi connectivity index (χ2v) is 6.92. The van der Waals surface area contributed by atoms with E-state index in [1.54, 1.807) is 0 Å². The van der Waals surface area contributed by atoms with Crippen molar-refractivity contribution in [2.45, 2.75) is 25.7 Å². The predicted octanol–water partition coefficient (Wildman–Crippen LogP) is 2.21. The Morgan fingerprint density at radius 1 is 1.00 bits per heavy atom. The molecular weight excluding hydrogens is 356 g/mol.